The van der Waals surface area contributed by atoms with Crippen LogP contribution in [0.4, 0.5) is 0 Å². The van der Waals surface area contributed by atoms with E-state index in [9.17, 15) is 25.9 Å². The lowest BCUT2D eigenvalue weighted by Crippen LogP contribution is -2.12. The summed E-state index contributed by atoms with van der Waals surface area (Å²) in [5.74, 6) is 0. The van der Waals surface area contributed by atoms with Gasteiger partial charge in [0.15, 0.2) is 0 Å². The quantitative estimate of drug-likeness (QED) is 0.281. The second kappa shape index (κ2) is 12.6. The summed E-state index contributed by atoms with van der Waals surface area (Å²) in [4.78, 5) is -0.491. The van der Waals surface area contributed by atoms with E-state index in [1.165, 1.54) is 24.3 Å². The van der Waals surface area contributed by atoms with Crippen molar-refractivity contribution < 1.29 is 40.2 Å². The van der Waals surface area contributed by atoms with Crippen LogP contribution in [0.15, 0.2) is 46.2 Å². The van der Waals surface area contributed by atoms with Gasteiger partial charge >= 0.3 is 0 Å². The molecule has 0 aliphatic heterocycles. The molecule has 0 amide bonds. The molecule has 9 nitrogen and oxygen atoms in total. The molecule has 2 aromatic carbocycles. The maximum absolute atomic E-state index is 11.1. The van der Waals surface area contributed by atoms with Crippen LogP contribution in [0.25, 0.3) is 0 Å². The molecule has 0 saturated carbocycles. The number of hydrogen-bond donors (Lipinski definition) is 0. The van der Waals surface area contributed by atoms with Gasteiger partial charge in [-0.1, -0.05) is 12.1 Å². The Hall–Kier alpha value is -1.86. The minimum absolute atomic E-state index is 0.246. The first-order chi connectivity index (χ1) is 15.5. The predicted molar refractivity (Wildman–Crippen MR) is 118 cm³/mol. The van der Waals surface area contributed by atoms with Crippen molar-refractivity contribution >= 4 is 20.2 Å². The molecule has 0 aromatic heterocycles. The molecule has 0 N–H and O–H groups in total. The number of benzene rings is 2. The monoisotopic (exact) mass is 500 g/mol. The van der Waals surface area contributed by atoms with E-state index in [0.29, 0.717) is 52.5 Å². The minimum atomic E-state index is -4.48. The summed E-state index contributed by atoms with van der Waals surface area (Å²) in [6, 6.07) is 8.57. The number of hydrogen-bond acceptors (Lipinski definition) is 9. The predicted octanol–water partition coefficient (Wildman–Crippen LogP) is 1.95. The molecule has 184 valence electrons. The summed E-state index contributed by atoms with van der Waals surface area (Å²) >= 11 is 0. The molecule has 0 saturated heterocycles. The molecular formula is C22H28O9S2-2. The zero-order valence-corrected chi connectivity index (χ0v) is 20.2. The van der Waals surface area contributed by atoms with Crippen molar-refractivity contribution in [2.45, 2.75) is 36.5 Å². The fourth-order valence-electron chi connectivity index (χ4n) is 3.05. The van der Waals surface area contributed by atoms with Crippen molar-refractivity contribution in [2.75, 3.05) is 39.6 Å². The lowest BCUT2D eigenvalue weighted by atomic mass is 10.1. The van der Waals surface area contributed by atoms with Crippen LogP contribution in [0.3, 0.4) is 0 Å². The highest BCUT2D eigenvalue weighted by Crippen LogP contribution is 2.17. The minimum Gasteiger partial charge on any atom is -0.744 e. The highest BCUT2D eigenvalue weighted by Gasteiger charge is 2.07. The fraction of sp³-hybridized carbons (Fsp3) is 0.455. The van der Waals surface area contributed by atoms with Gasteiger partial charge in [-0.3, -0.25) is 0 Å². The van der Waals surface area contributed by atoms with Gasteiger partial charge < -0.3 is 23.3 Å². The molecule has 2 rings (SSSR count). The summed E-state index contributed by atoms with van der Waals surface area (Å²) < 4.78 is 83.2. The summed E-state index contributed by atoms with van der Waals surface area (Å²) in [5.41, 5.74) is 3.26. The highest BCUT2D eigenvalue weighted by atomic mass is 32.2. The molecule has 0 bridgehead atoms. The third kappa shape index (κ3) is 9.49. The average molecular weight is 501 g/mol. The topological polar surface area (TPSA) is 142 Å². The summed E-state index contributed by atoms with van der Waals surface area (Å²) in [5, 5.41) is 0. The second-order valence-corrected chi connectivity index (χ2v) is 10.2. The second-order valence-electron chi connectivity index (χ2n) is 7.42. The summed E-state index contributed by atoms with van der Waals surface area (Å²) in [6.45, 7) is 5.83. The maximum atomic E-state index is 11.1. The molecule has 33 heavy (non-hydrogen) atoms. The van der Waals surface area contributed by atoms with E-state index < -0.39 is 20.2 Å². The molecular weight excluding hydrogens is 472 g/mol. The SMILES string of the molecule is Cc1ccc(S(=O)(=O)[O-])cc1CCOCCOCCOCCc1cc(S(=O)(=O)[O-])ccc1C. The standard InChI is InChI=1S/C22H30O9S2/c1-17-3-5-21(32(23,24)25)15-19(17)7-9-29-11-13-31-14-12-30-10-8-20-16-22(33(26,27)28)6-4-18(20)2/h3-6,15-16H,7-14H2,1-2H3,(H,23,24,25)(H,26,27,28)/p-2. The van der Waals surface area contributed by atoms with E-state index in [1.54, 1.807) is 12.1 Å². The van der Waals surface area contributed by atoms with E-state index in [-0.39, 0.29) is 9.79 Å². The molecule has 0 atom stereocenters. The van der Waals surface area contributed by atoms with E-state index >= 15 is 0 Å². The highest BCUT2D eigenvalue weighted by molar-refractivity contribution is 7.86. The Balaban J connectivity index is 1.57. The van der Waals surface area contributed by atoms with Crippen molar-refractivity contribution in [1.29, 1.82) is 0 Å². The van der Waals surface area contributed by atoms with Crippen molar-refractivity contribution in [2.24, 2.45) is 0 Å². The van der Waals surface area contributed by atoms with Crippen molar-refractivity contribution in [3.8, 4) is 0 Å². The van der Waals surface area contributed by atoms with Crippen LogP contribution in [0, 0.1) is 13.8 Å². The molecule has 0 aliphatic carbocycles. The third-order valence-corrected chi connectivity index (χ3v) is 6.66. The van der Waals surface area contributed by atoms with Gasteiger partial charge in [0.25, 0.3) is 0 Å². The normalized spacial score (nSPS) is 12.2. The largest absolute Gasteiger partial charge is 0.744 e. The lowest BCUT2D eigenvalue weighted by Gasteiger charge is -2.12. The Kier molecular flexibility index (Phi) is 10.4. The van der Waals surface area contributed by atoms with Crippen molar-refractivity contribution in [1.82, 2.24) is 0 Å². The zero-order valence-electron chi connectivity index (χ0n) is 18.6. The van der Waals surface area contributed by atoms with Crippen LogP contribution in [-0.4, -0.2) is 65.6 Å². The van der Waals surface area contributed by atoms with Crippen LogP contribution in [0.1, 0.15) is 22.3 Å². The summed E-state index contributed by atoms with van der Waals surface area (Å²) in [6.07, 6.45) is 0.957. The summed E-state index contributed by atoms with van der Waals surface area (Å²) in [7, 11) is -8.96. The van der Waals surface area contributed by atoms with Crippen LogP contribution >= 0.6 is 0 Å². The Morgan fingerprint density at radius 1 is 0.606 bits per heavy atom. The molecule has 0 heterocycles. The van der Waals surface area contributed by atoms with E-state index in [2.05, 4.69) is 0 Å². The smallest absolute Gasteiger partial charge is 0.124 e. The van der Waals surface area contributed by atoms with Gasteiger partial charge in [-0.15, -0.1) is 0 Å². The van der Waals surface area contributed by atoms with Gasteiger partial charge in [-0.05, 0) is 73.2 Å². The first-order valence-electron chi connectivity index (χ1n) is 10.3. The lowest BCUT2D eigenvalue weighted by molar-refractivity contribution is 0.0156. The molecule has 0 fully saturated rings. The number of rotatable bonds is 14. The van der Waals surface area contributed by atoms with Crippen molar-refractivity contribution in [3.05, 3.63) is 58.7 Å². The molecule has 11 heteroatoms. The third-order valence-electron chi connectivity index (χ3n) is 4.99. The fourth-order valence-corrected chi connectivity index (χ4v) is 4.09. The van der Waals surface area contributed by atoms with E-state index in [4.69, 9.17) is 14.2 Å². The van der Waals surface area contributed by atoms with Gasteiger partial charge in [0, 0.05) is 0 Å². The Morgan fingerprint density at radius 2 is 0.939 bits per heavy atom. The van der Waals surface area contributed by atoms with Crippen LogP contribution in [0.2, 0.25) is 0 Å². The Bertz CT molecular complexity index is 1040. The van der Waals surface area contributed by atoms with E-state index in [1.807, 2.05) is 13.8 Å². The maximum Gasteiger partial charge on any atom is 0.124 e. The van der Waals surface area contributed by atoms with Gasteiger partial charge in [-0.2, -0.15) is 0 Å². The first-order valence-corrected chi connectivity index (χ1v) is 13.1. The molecule has 2 aromatic rings. The molecule has 0 radical (unpaired) electrons. The van der Waals surface area contributed by atoms with Crippen LogP contribution < -0.4 is 0 Å². The number of aryl methyl sites for hydroxylation is 2. The Morgan fingerprint density at radius 3 is 1.27 bits per heavy atom. The van der Waals surface area contributed by atoms with Gasteiger partial charge in [-0.25, -0.2) is 16.8 Å². The zero-order chi connectivity index (χ0) is 24.5. The van der Waals surface area contributed by atoms with Crippen LogP contribution in [0.5, 0.6) is 0 Å². The molecule has 0 spiro atoms. The molecule has 0 unspecified atom stereocenters. The first kappa shape index (κ1) is 27.4. The van der Waals surface area contributed by atoms with Crippen molar-refractivity contribution in [3.63, 3.8) is 0 Å². The van der Waals surface area contributed by atoms with Gasteiger partial charge in [0.2, 0.25) is 0 Å². The Labute approximate surface area is 195 Å². The van der Waals surface area contributed by atoms with Crippen LogP contribution in [-0.2, 0) is 47.3 Å². The molecule has 0 aliphatic rings. The average Bonchev–Trinajstić information content (AvgIpc) is 2.72. The van der Waals surface area contributed by atoms with Gasteiger partial charge in [0.1, 0.15) is 20.2 Å². The van der Waals surface area contributed by atoms with Gasteiger partial charge in [0.05, 0.1) is 49.4 Å². The number of ether oxygens (including phenoxy) is 3. The van der Waals surface area contributed by atoms with E-state index in [0.717, 1.165) is 22.3 Å².